The highest BCUT2D eigenvalue weighted by molar-refractivity contribution is 5.11. The Morgan fingerprint density at radius 3 is 2.50 bits per heavy atom. The first kappa shape index (κ1) is 15.2. The summed E-state index contributed by atoms with van der Waals surface area (Å²) in [4.78, 5) is 0. The van der Waals surface area contributed by atoms with Crippen LogP contribution in [0.15, 0.2) is 6.07 Å². The van der Waals surface area contributed by atoms with E-state index in [-0.39, 0.29) is 0 Å². The number of aryl methyl sites for hydroxylation is 2. The second-order valence-electron chi connectivity index (χ2n) is 5.26. The molecule has 0 fully saturated rings. The zero-order valence-electron chi connectivity index (χ0n) is 12.7. The fourth-order valence-electron chi connectivity index (χ4n) is 2.23. The molecule has 0 bridgehead atoms. The molecule has 0 radical (unpaired) electrons. The molecule has 0 aliphatic carbocycles. The van der Waals surface area contributed by atoms with Gasteiger partial charge in [-0.1, -0.05) is 27.7 Å². The van der Waals surface area contributed by atoms with Crippen LogP contribution in [-0.2, 0) is 19.4 Å². The second-order valence-corrected chi connectivity index (χ2v) is 5.26. The lowest BCUT2D eigenvalue weighted by atomic mass is 9.91. The number of rotatable bonds is 8. The molecule has 0 spiro atoms. The van der Waals surface area contributed by atoms with Gasteiger partial charge >= 0.3 is 0 Å². The van der Waals surface area contributed by atoms with Crippen molar-refractivity contribution in [2.45, 2.75) is 54.0 Å². The van der Waals surface area contributed by atoms with Gasteiger partial charge in [-0.25, -0.2) is 0 Å². The Kier molecular flexibility index (Phi) is 6.41. The Balaban J connectivity index is 2.62. The highest BCUT2D eigenvalue weighted by Crippen LogP contribution is 2.18. The molecular formula is C15H29N3. The third kappa shape index (κ3) is 4.13. The molecular weight excluding hydrogens is 222 g/mol. The van der Waals surface area contributed by atoms with E-state index in [4.69, 9.17) is 0 Å². The molecule has 0 saturated carbocycles. The minimum atomic E-state index is 0.691. The molecule has 1 aromatic heterocycles. The average Bonchev–Trinajstić information content (AvgIpc) is 2.77. The third-order valence-corrected chi connectivity index (χ3v) is 3.79. The second kappa shape index (κ2) is 7.57. The monoisotopic (exact) mass is 251 g/mol. The quantitative estimate of drug-likeness (QED) is 0.770. The van der Waals surface area contributed by atoms with Crippen LogP contribution in [0, 0.1) is 11.8 Å². The van der Waals surface area contributed by atoms with Gasteiger partial charge in [-0.05, 0) is 50.8 Å². The first-order chi connectivity index (χ1) is 8.62. The molecule has 104 valence electrons. The fraction of sp³-hybridized carbons (Fsp3) is 0.800. The van der Waals surface area contributed by atoms with Crippen molar-refractivity contribution in [1.29, 1.82) is 0 Å². The molecule has 2 unspecified atom stereocenters. The smallest absolute Gasteiger partial charge is 0.0624 e. The van der Waals surface area contributed by atoms with E-state index in [1.165, 1.54) is 11.4 Å². The summed E-state index contributed by atoms with van der Waals surface area (Å²) in [5, 5.41) is 8.06. The number of aromatic nitrogens is 2. The molecule has 3 heteroatoms. The van der Waals surface area contributed by atoms with Crippen LogP contribution in [0.2, 0.25) is 0 Å². The fourth-order valence-corrected chi connectivity index (χ4v) is 2.23. The van der Waals surface area contributed by atoms with Crippen molar-refractivity contribution in [2.24, 2.45) is 11.8 Å². The Bertz CT molecular complexity index is 344. The van der Waals surface area contributed by atoms with Gasteiger partial charge in [0.25, 0.3) is 0 Å². The van der Waals surface area contributed by atoms with E-state index in [2.05, 4.69) is 55.8 Å². The lowest BCUT2D eigenvalue weighted by Crippen LogP contribution is -2.26. The van der Waals surface area contributed by atoms with E-state index in [0.717, 1.165) is 32.5 Å². The molecule has 18 heavy (non-hydrogen) atoms. The zero-order chi connectivity index (χ0) is 13.5. The summed E-state index contributed by atoms with van der Waals surface area (Å²) in [6.45, 7) is 14.3. The summed E-state index contributed by atoms with van der Waals surface area (Å²) < 4.78 is 2.16. The van der Waals surface area contributed by atoms with Gasteiger partial charge in [0, 0.05) is 12.2 Å². The van der Waals surface area contributed by atoms with Gasteiger partial charge < -0.3 is 5.32 Å². The lowest BCUT2D eigenvalue weighted by molar-refractivity contribution is 0.360. The van der Waals surface area contributed by atoms with E-state index >= 15 is 0 Å². The molecule has 0 amide bonds. The van der Waals surface area contributed by atoms with Crippen LogP contribution >= 0.6 is 0 Å². The molecule has 1 N–H and O–H groups in total. The Morgan fingerprint density at radius 2 is 1.94 bits per heavy atom. The zero-order valence-corrected chi connectivity index (χ0v) is 12.7. The first-order valence-corrected chi connectivity index (χ1v) is 7.38. The standard InChI is InChI=1S/C15H29N3/c1-6-14-10-15(18(8-3)17-14)9-12(4)13(5)11-16-7-2/h10,12-13,16H,6-9,11H2,1-5H3. The summed E-state index contributed by atoms with van der Waals surface area (Å²) >= 11 is 0. The van der Waals surface area contributed by atoms with Crippen molar-refractivity contribution in [1.82, 2.24) is 15.1 Å². The topological polar surface area (TPSA) is 29.9 Å². The largest absolute Gasteiger partial charge is 0.317 e. The van der Waals surface area contributed by atoms with Crippen molar-refractivity contribution in [3.05, 3.63) is 17.5 Å². The van der Waals surface area contributed by atoms with E-state index in [9.17, 15) is 0 Å². The number of hydrogen-bond acceptors (Lipinski definition) is 2. The van der Waals surface area contributed by atoms with Crippen molar-refractivity contribution >= 4 is 0 Å². The van der Waals surface area contributed by atoms with Crippen LogP contribution in [0.5, 0.6) is 0 Å². The van der Waals surface area contributed by atoms with Crippen molar-refractivity contribution < 1.29 is 0 Å². The van der Waals surface area contributed by atoms with E-state index in [1.54, 1.807) is 0 Å². The van der Waals surface area contributed by atoms with Crippen LogP contribution in [0.3, 0.4) is 0 Å². The molecule has 0 aliphatic rings. The Morgan fingerprint density at radius 1 is 1.22 bits per heavy atom. The molecule has 2 atom stereocenters. The van der Waals surface area contributed by atoms with E-state index < -0.39 is 0 Å². The summed E-state index contributed by atoms with van der Waals surface area (Å²) in [6.07, 6.45) is 2.16. The maximum Gasteiger partial charge on any atom is 0.0624 e. The summed E-state index contributed by atoms with van der Waals surface area (Å²) in [5.41, 5.74) is 2.61. The van der Waals surface area contributed by atoms with Gasteiger partial charge in [-0.15, -0.1) is 0 Å². The first-order valence-electron chi connectivity index (χ1n) is 7.38. The van der Waals surface area contributed by atoms with Crippen LogP contribution < -0.4 is 5.32 Å². The SMILES string of the molecule is CCNCC(C)C(C)Cc1cc(CC)nn1CC. The molecule has 0 saturated heterocycles. The predicted octanol–water partition coefficient (Wildman–Crippen LogP) is 2.89. The number of nitrogens with zero attached hydrogens (tertiary/aromatic N) is 2. The Labute approximate surface area is 112 Å². The summed E-state index contributed by atoms with van der Waals surface area (Å²) in [7, 11) is 0. The van der Waals surface area contributed by atoms with E-state index in [0.29, 0.717) is 11.8 Å². The van der Waals surface area contributed by atoms with Crippen LogP contribution in [-0.4, -0.2) is 22.9 Å². The van der Waals surface area contributed by atoms with Crippen LogP contribution in [0.4, 0.5) is 0 Å². The predicted molar refractivity (Wildman–Crippen MR) is 77.9 cm³/mol. The van der Waals surface area contributed by atoms with Crippen LogP contribution in [0.1, 0.15) is 46.0 Å². The maximum absolute atomic E-state index is 4.62. The van der Waals surface area contributed by atoms with Crippen molar-refractivity contribution in [3.8, 4) is 0 Å². The highest BCUT2D eigenvalue weighted by atomic mass is 15.3. The average molecular weight is 251 g/mol. The maximum atomic E-state index is 4.62. The summed E-state index contributed by atoms with van der Waals surface area (Å²) in [5.74, 6) is 1.39. The van der Waals surface area contributed by atoms with Gasteiger partial charge in [0.1, 0.15) is 0 Å². The van der Waals surface area contributed by atoms with Crippen molar-refractivity contribution in [2.75, 3.05) is 13.1 Å². The number of hydrogen-bond donors (Lipinski definition) is 1. The molecule has 1 heterocycles. The highest BCUT2D eigenvalue weighted by Gasteiger charge is 2.15. The minimum absolute atomic E-state index is 0.691. The van der Waals surface area contributed by atoms with Crippen molar-refractivity contribution in [3.63, 3.8) is 0 Å². The normalized spacial score (nSPS) is 14.7. The van der Waals surface area contributed by atoms with Gasteiger partial charge in [-0.2, -0.15) is 5.10 Å². The Hall–Kier alpha value is -0.830. The molecule has 0 aliphatic heterocycles. The van der Waals surface area contributed by atoms with Gasteiger partial charge in [0.05, 0.1) is 5.69 Å². The summed E-state index contributed by atoms with van der Waals surface area (Å²) in [6, 6.07) is 2.28. The van der Waals surface area contributed by atoms with Crippen LogP contribution in [0.25, 0.3) is 0 Å². The molecule has 1 rings (SSSR count). The molecule has 0 aromatic carbocycles. The molecule has 3 nitrogen and oxygen atoms in total. The minimum Gasteiger partial charge on any atom is -0.317 e. The van der Waals surface area contributed by atoms with Gasteiger partial charge in [0.2, 0.25) is 0 Å². The molecule has 1 aromatic rings. The van der Waals surface area contributed by atoms with Gasteiger partial charge in [-0.3, -0.25) is 4.68 Å². The third-order valence-electron chi connectivity index (χ3n) is 3.79. The lowest BCUT2D eigenvalue weighted by Gasteiger charge is -2.20. The number of nitrogens with one attached hydrogen (secondary N) is 1. The van der Waals surface area contributed by atoms with E-state index in [1.807, 2.05) is 0 Å². The van der Waals surface area contributed by atoms with Gasteiger partial charge in [0.15, 0.2) is 0 Å².